The lowest BCUT2D eigenvalue weighted by atomic mass is 9.97. The molecule has 0 radical (unpaired) electrons. The fourth-order valence-corrected chi connectivity index (χ4v) is 3.09. The van der Waals surface area contributed by atoms with Gasteiger partial charge in [0.1, 0.15) is 5.82 Å². The molecular weight excluding hydrogens is 314 g/mol. The second kappa shape index (κ2) is 7.05. The minimum absolute atomic E-state index is 0.00136. The second-order valence-electron chi connectivity index (χ2n) is 6.07. The Morgan fingerprint density at radius 1 is 1.29 bits per heavy atom. The van der Waals surface area contributed by atoms with Crippen LogP contribution < -0.4 is 0 Å². The Morgan fingerprint density at radius 2 is 2.08 bits per heavy atom. The summed E-state index contributed by atoms with van der Waals surface area (Å²) in [5.41, 5.74) is 1.63. The Bertz CT molecular complexity index is 752. The number of aromatic nitrogens is 1. The highest BCUT2D eigenvalue weighted by Crippen LogP contribution is 2.23. The number of pyridine rings is 1. The lowest BCUT2D eigenvalue weighted by molar-refractivity contribution is 0.0776. The average molecular weight is 332 g/mol. The topological polar surface area (TPSA) is 53.4 Å². The maximum Gasteiger partial charge on any atom is 0.275 e. The van der Waals surface area contributed by atoms with Crippen molar-refractivity contribution in [2.75, 3.05) is 13.1 Å². The lowest BCUT2D eigenvalue weighted by Crippen LogP contribution is -2.30. The van der Waals surface area contributed by atoms with Crippen LogP contribution in [0.4, 0.5) is 8.78 Å². The molecule has 1 aliphatic heterocycles. The molecule has 1 atom stereocenters. The Hall–Kier alpha value is -2.34. The zero-order chi connectivity index (χ0) is 17.1. The highest BCUT2D eigenvalue weighted by molar-refractivity contribution is 5.92. The molecule has 1 saturated heterocycles. The van der Waals surface area contributed by atoms with Gasteiger partial charge in [0.25, 0.3) is 5.91 Å². The molecule has 1 aromatic heterocycles. The summed E-state index contributed by atoms with van der Waals surface area (Å²) in [5, 5.41) is 9.19. The van der Waals surface area contributed by atoms with Crippen LogP contribution in [0.3, 0.4) is 0 Å². The predicted octanol–water partition coefficient (Wildman–Crippen LogP) is 2.56. The number of carbonyl (C=O) groups is 1. The minimum Gasteiger partial charge on any atom is -0.392 e. The molecule has 1 N–H and O–H groups in total. The first-order valence-electron chi connectivity index (χ1n) is 7.86. The molecule has 2 heterocycles. The molecule has 0 spiro atoms. The summed E-state index contributed by atoms with van der Waals surface area (Å²) in [6.07, 6.45) is 2.46. The number of hydrogen-bond acceptors (Lipinski definition) is 3. The molecule has 126 valence electrons. The Balaban J connectivity index is 1.65. The fraction of sp³-hybridized carbons (Fsp3) is 0.333. The summed E-state index contributed by atoms with van der Waals surface area (Å²) in [7, 11) is 0. The van der Waals surface area contributed by atoms with E-state index in [1.807, 2.05) is 24.3 Å². The van der Waals surface area contributed by atoms with Gasteiger partial charge in [-0.1, -0.05) is 24.3 Å². The van der Waals surface area contributed by atoms with Crippen molar-refractivity contribution in [1.29, 1.82) is 0 Å². The van der Waals surface area contributed by atoms with E-state index in [0.29, 0.717) is 19.2 Å². The van der Waals surface area contributed by atoms with Gasteiger partial charge in [-0.15, -0.1) is 0 Å². The summed E-state index contributed by atoms with van der Waals surface area (Å²) >= 11 is 0. The first kappa shape index (κ1) is 16.5. The van der Waals surface area contributed by atoms with Crippen molar-refractivity contribution in [3.8, 4) is 0 Å². The third-order valence-electron chi connectivity index (χ3n) is 4.28. The predicted molar refractivity (Wildman–Crippen MR) is 84.2 cm³/mol. The van der Waals surface area contributed by atoms with Crippen molar-refractivity contribution in [1.82, 2.24) is 9.88 Å². The van der Waals surface area contributed by atoms with Crippen LogP contribution >= 0.6 is 0 Å². The molecule has 6 heteroatoms. The highest BCUT2D eigenvalue weighted by Gasteiger charge is 2.29. The first-order valence-corrected chi connectivity index (χ1v) is 7.86. The van der Waals surface area contributed by atoms with Crippen molar-refractivity contribution in [2.45, 2.75) is 19.4 Å². The fourth-order valence-electron chi connectivity index (χ4n) is 3.09. The zero-order valence-corrected chi connectivity index (χ0v) is 13.1. The van der Waals surface area contributed by atoms with Gasteiger partial charge in [0, 0.05) is 19.2 Å². The van der Waals surface area contributed by atoms with Gasteiger partial charge in [0.05, 0.1) is 12.8 Å². The molecule has 0 bridgehead atoms. The number of nitrogens with zero attached hydrogens (tertiary/aromatic N) is 2. The Labute approximate surface area is 138 Å². The Kier molecular flexibility index (Phi) is 4.85. The van der Waals surface area contributed by atoms with E-state index in [1.54, 1.807) is 4.90 Å². The van der Waals surface area contributed by atoms with Crippen molar-refractivity contribution < 1.29 is 18.7 Å². The first-order chi connectivity index (χ1) is 11.6. The normalized spacial score (nSPS) is 17.3. The maximum atomic E-state index is 13.7. The molecule has 1 fully saturated rings. The Morgan fingerprint density at radius 3 is 2.83 bits per heavy atom. The molecule has 24 heavy (non-hydrogen) atoms. The SMILES string of the molecule is O=C(c1ncc(F)cc1F)N1CC[C@@H](Cc2cccc(CO)c2)C1. The molecule has 0 unspecified atom stereocenters. The van der Waals surface area contributed by atoms with Crippen LogP contribution in [0.1, 0.15) is 28.0 Å². The van der Waals surface area contributed by atoms with E-state index in [1.165, 1.54) is 0 Å². The van der Waals surface area contributed by atoms with Crippen LogP contribution in [0.15, 0.2) is 36.5 Å². The van der Waals surface area contributed by atoms with Gasteiger partial charge in [-0.3, -0.25) is 4.79 Å². The van der Waals surface area contributed by atoms with Crippen LogP contribution in [0, 0.1) is 17.6 Å². The maximum absolute atomic E-state index is 13.7. The lowest BCUT2D eigenvalue weighted by Gasteiger charge is -2.16. The quantitative estimate of drug-likeness (QED) is 0.936. The van der Waals surface area contributed by atoms with Gasteiger partial charge < -0.3 is 10.0 Å². The number of benzene rings is 1. The summed E-state index contributed by atoms with van der Waals surface area (Å²) in [5.74, 6) is -1.96. The van der Waals surface area contributed by atoms with E-state index in [2.05, 4.69) is 4.98 Å². The van der Waals surface area contributed by atoms with Crippen LogP contribution in [0.5, 0.6) is 0 Å². The highest BCUT2D eigenvalue weighted by atomic mass is 19.1. The molecule has 4 nitrogen and oxygen atoms in total. The van der Waals surface area contributed by atoms with Crippen molar-refractivity contribution >= 4 is 5.91 Å². The van der Waals surface area contributed by atoms with E-state index in [-0.39, 0.29) is 18.2 Å². The standard InChI is InChI=1S/C18H18F2N2O2/c19-15-8-16(20)17(21-9-15)18(24)22-5-4-13(10-22)6-12-2-1-3-14(7-12)11-23/h1-3,7-9,13,23H,4-6,10-11H2/t13-/m0/s1. The van der Waals surface area contributed by atoms with Gasteiger partial charge in [0.15, 0.2) is 11.5 Å². The van der Waals surface area contributed by atoms with E-state index in [4.69, 9.17) is 0 Å². The molecule has 3 rings (SSSR count). The van der Waals surface area contributed by atoms with E-state index in [0.717, 1.165) is 30.2 Å². The van der Waals surface area contributed by atoms with Crippen molar-refractivity contribution in [3.63, 3.8) is 0 Å². The number of halogens is 2. The monoisotopic (exact) mass is 332 g/mol. The zero-order valence-electron chi connectivity index (χ0n) is 13.1. The number of aliphatic hydroxyl groups excluding tert-OH is 1. The van der Waals surface area contributed by atoms with Crippen LogP contribution in [-0.2, 0) is 13.0 Å². The molecule has 0 aliphatic carbocycles. The van der Waals surface area contributed by atoms with Gasteiger partial charge in [-0.05, 0) is 29.9 Å². The summed E-state index contributed by atoms with van der Waals surface area (Å²) in [4.78, 5) is 17.5. The summed E-state index contributed by atoms with van der Waals surface area (Å²) in [6.45, 7) is 1.04. The smallest absolute Gasteiger partial charge is 0.275 e. The molecule has 1 aromatic carbocycles. The van der Waals surface area contributed by atoms with E-state index >= 15 is 0 Å². The van der Waals surface area contributed by atoms with Crippen molar-refractivity contribution in [2.24, 2.45) is 5.92 Å². The summed E-state index contributed by atoms with van der Waals surface area (Å²) < 4.78 is 26.6. The van der Waals surface area contributed by atoms with Crippen LogP contribution in [-0.4, -0.2) is 34.0 Å². The molecule has 0 saturated carbocycles. The third kappa shape index (κ3) is 3.59. The number of rotatable bonds is 4. The van der Waals surface area contributed by atoms with Gasteiger partial charge in [-0.2, -0.15) is 0 Å². The average Bonchev–Trinajstić information content (AvgIpc) is 3.03. The van der Waals surface area contributed by atoms with Crippen molar-refractivity contribution in [3.05, 3.63) is 65.0 Å². The minimum atomic E-state index is -0.931. The second-order valence-corrected chi connectivity index (χ2v) is 6.07. The summed E-state index contributed by atoms with van der Waals surface area (Å²) in [6, 6.07) is 8.37. The number of amides is 1. The van der Waals surface area contributed by atoms with Crippen LogP contribution in [0.2, 0.25) is 0 Å². The van der Waals surface area contributed by atoms with E-state index in [9.17, 15) is 18.7 Å². The molecule has 2 aromatic rings. The third-order valence-corrected chi connectivity index (χ3v) is 4.28. The van der Waals surface area contributed by atoms with Gasteiger partial charge in [-0.25, -0.2) is 13.8 Å². The van der Waals surface area contributed by atoms with E-state index < -0.39 is 17.5 Å². The number of likely N-dealkylation sites (tertiary alicyclic amines) is 1. The molecule has 1 amide bonds. The molecule has 1 aliphatic rings. The van der Waals surface area contributed by atoms with Gasteiger partial charge >= 0.3 is 0 Å². The van der Waals surface area contributed by atoms with Gasteiger partial charge in [0.2, 0.25) is 0 Å². The largest absolute Gasteiger partial charge is 0.392 e. The number of hydrogen-bond donors (Lipinski definition) is 1. The van der Waals surface area contributed by atoms with Crippen LogP contribution in [0.25, 0.3) is 0 Å². The molecular formula is C18H18F2N2O2. The number of aliphatic hydroxyl groups is 1. The number of carbonyl (C=O) groups excluding carboxylic acids is 1.